The summed E-state index contributed by atoms with van der Waals surface area (Å²) in [7, 11) is 2.39. The van der Waals surface area contributed by atoms with Crippen LogP contribution in [0.1, 0.15) is 15.9 Å². The molecular weight excluding hydrogens is 237 g/mol. The summed E-state index contributed by atoms with van der Waals surface area (Å²) in [5, 5.41) is 8.90. The number of hydrogen-bond acceptors (Lipinski definition) is 3. The minimum Gasteiger partial charge on any atom is -0.478 e. The average molecular weight is 245 g/mol. The molecule has 0 amide bonds. The van der Waals surface area contributed by atoms with Crippen LogP contribution in [0.25, 0.3) is 11.4 Å². The summed E-state index contributed by atoms with van der Waals surface area (Å²) < 4.78 is 1.59. The number of carbonyl (C=O) groups is 1. The van der Waals surface area contributed by atoms with Crippen LogP contribution >= 0.6 is 9.39 Å². The van der Waals surface area contributed by atoms with E-state index in [-0.39, 0.29) is 5.56 Å². The number of aromatic carboxylic acids is 1. The summed E-state index contributed by atoms with van der Waals surface area (Å²) in [6.45, 7) is 0. The Morgan fingerprint density at radius 3 is 2.94 bits per heavy atom. The van der Waals surface area contributed by atoms with Gasteiger partial charge in [-0.1, -0.05) is 5.92 Å². The third kappa shape index (κ3) is 2.03. The fourth-order valence-electron chi connectivity index (χ4n) is 1.43. The molecule has 2 rings (SSSR count). The first-order valence-corrected chi connectivity index (χ1v) is 5.13. The van der Waals surface area contributed by atoms with Gasteiger partial charge in [-0.05, 0) is 15.5 Å². The van der Waals surface area contributed by atoms with Crippen LogP contribution in [0.4, 0.5) is 0 Å². The molecule has 1 atom stereocenters. The van der Waals surface area contributed by atoms with E-state index in [1.54, 1.807) is 4.34 Å². The number of aromatic nitrogens is 3. The van der Waals surface area contributed by atoms with Gasteiger partial charge in [-0.3, -0.25) is 0 Å². The fraction of sp³-hybridized carbons (Fsp3) is 0. The van der Waals surface area contributed by atoms with Gasteiger partial charge in [-0.15, -0.1) is 6.42 Å². The van der Waals surface area contributed by atoms with E-state index in [4.69, 9.17) is 11.5 Å². The number of nitrogens with zero attached hydrogens (tertiary/aromatic N) is 3. The molecule has 0 aromatic carbocycles. The first kappa shape index (κ1) is 11.3. The summed E-state index contributed by atoms with van der Waals surface area (Å²) in [4.78, 5) is 18.8. The van der Waals surface area contributed by atoms with Gasteiger partial charge >= 0.3 is 5.97 Å². The number of hydrogen-bond donors (Lipinski definition) is 1. The van der Waals surface area contributed by atoms with Gasteiger partial charge in [-0.25, -0.2) is 14.8 Å². The van der Waals surface area contributed by atoms with Crippen molar-refractivity contribution < 1.29 is 9.90 Å². The minimum absolute atomic E-state index is 0.177. The monoisotopic (exact) mass is 245 g/mol. The van der Waals surface area contributed by atoms with E-state index < -0.39 is 5.97 Å². The van der Waals surface area contributed by atoms with Gasteiger partial charge in [0.1, 0.15) is 12.0 Å². The molecule has 0 aliphatic rings. The van der Waals surface area contributed by atoms with Crippen LogP contribution in [0.15, 0.2) is 24.8 Å². The Balaban J connectivity index is 2.61. The second-order valence-electron chi connectivity index (χ2n) is 3.26. The van der Waals surface area contributed by atoms with Crippen LogP contribution in [-0.2, 0) is 0 Å². The van der Waals surface area contributed by atoms with E-state index >= 15 is 0 Å². The summed E-state index contributed by atoms with van der Waals surface area (Å²) in [5.41, 5.74) is 1.84. The van der Waals surface area contributed by atoms with Gasteiger partial charge in [-0.2, -0.15) is 0 Å². The van der Waals surface area contributed by atoms with Crippen LogP contribution in [0.5, 0.6) is 0 Å². The lowest BCUT2D eigenvalue weighted by atomic mass is 10.2. The molecule has 84 valence electrons. The van der Waals surface area contributed by atoms with Gasteiger partial charge in [0, 0.05) is 12.4 Å². The third-order valence-corrected chi connectivity index (χ3v) is 2.63. The van der Waals surface area contributed by atoms with E-state index in [1.807, 2.05) is 0 Å². The first-order chi connectivity index (χ1) is 8.13. The highest BCUT2D eigenvalue weighted by molar-refractivity contribution is 7.14. The molecule has 5 nitrogen and oxygen atoms in total. The maximum absolute atomic E-state index is 10.9. The van der Waals surface area contributed by atoms with Crippen LogP contribution in [0.2, 0.25) is 0 Å². The Hall–Kier alpha value is -2.18. The number of carboxylic acids is 1. The molecular formula is C11H8N3O2P. The Morgan fingerprint density at radius 2 is 2.35 bits per heavy atom. The molecule has 1 N–H and O–H groups in total. The molecule has 2 heterocycles. The zero-order valence-electron chi connectivity index (χ0n) is 8.66. The maximum Gasteiger partial charge on any atom is 0.337 e. The molecule has 17 heavy (non-hydrogen) atoms. The molecule has 0 aliphatic heterocycles. The Labute approximate surface area is 99.8 Å². The summed E-state index contributed by atoms with van der Waals surface area (Å²) in [6.07, 6.45) is 9.70. The normalized spacial score (nSPS) is 9.88. The van der Waals surface area contributed by atoms with Gasteiger partial charge in [0.2, 0.25) is 0 Å². The highest BCUT2D eigenvalue weighted by Crippen LogP contribution is 2.24. The molecule has 2 aromatic heterocycles. The molecule has 0 saturated carbocycles. The van der Waals surface area contributed by atoms with Crippen molar-refractivity contribution in [3.63, 3.8) is 0 Å². The topological polar surface area (TPSA) is 68.0 Å². The highest BCUT2D eigenvalue weighted by Gasteiger charge is 2.13. The fourth-order valence-corrected chi connectivity index (χ4v) is 1.78. The second-order valence-corrected chi connectivity index (χ2v) is 3.81. The van der Waals surface area contributed by atoms with E-state index in [0.717, 1.165) is 0 Å². The smallest absolute Gasteiger partial charge is 0.337 e. The van der Waals surface area contributed by atoms with Crippen LogP contribution in [0, 0.1) is 12.3 Å². The molecule has 2 aromatic rings. The average Bonchev–Trinajstić information content (AvgIpc) is 2.71. The summed E-state index contributed by atoms with van der Waals surface area (Å²) in [5.74, 6) is 1.47. The van der Waals surface area contributed by atoms with Crippen LogP contribution < -0.4 is 0 Å². The second kappa shape index (κ2) is 4.36. The largest absolute Gasteiger partial charge is 0.478 e. The SMILES string of the molecule is C#Cc1cncnc1-c1cc(C(=O)O)cn1P. The van der Waals surface area contributed by atoms with Crippen molar-refractivity contribution in [2.24, 2.45) is 0 Å². The molecule has 6 heteroatoms. The van der Waals surface area contributed by atoms with Gasteiger partial charge in [0.25, 0.3) is 0 Å². The van der Waals surface area contributed by atoms with E-state index in [1.165, 1.54) is 24.8 Å². The summed E-state index contributed by atoms with van der Waals surface area (Å²) >= 11 is 0. The van der Waals surface area contributed by atoms with Crippen molar-refractivity contribution in [1.82, 2.24) is 14.3 Å². The molecule has 0 spiro atoms. The lowest BCUT2D eigenvalue weighted by molar-refractivity contribution is 0.0697. The minimum atomic E-state index is -0.997. The predicted octanol–water partition coefficient (Wildman–Crippen LogP) is 1.26. The van der Waals surface area contributed by atoms with Crippen molar-refractivity contribution in [3.8, 4) is 23.7 Å². The lowest BCUT2D eigenvalue weighted by Crippen LogP contribution is -1.93. The molecule has 0 aliphatic carbocycles. The van der Waals surface area contributed by atoms with Gasteiger partial charge in [0.05, 0.1) is 16.8 Å². The van der Waals surface area contributed by atoms with E-state index in [2.05, 4.69) is 25.3 Å². The summed E-state index contributed by atoms with van der Waals surface area (Å²) in [6, 6.07) is 1.51. The standard InChI is InChI=1S/C11H8N3O2P/c1-2-7-4-12-6-13-10(7)9-3-8(11(15)16)5-14(9)17/h1,3-6H,17H2,(H,15,16). The van der Waals surface area contributed by atoms with Crippen molar-refractivity contribution in [2.75, 3.05) is 0 Å². The number of carboxylic acid groups (broad SMARTS) is 1. The number of rotatable bonds is 2. The Bertz CT molecular complexity index is 628. The first-order valence-electron chi connectivity index (χ1n) is 4.61. The van der Waals surface area contributed by atoms with Crippen molar-refractivity contribution >= 4 is 15.4 Å². The van der Waals surface area contributed by atoms with Crippen molar-refractivity contribution in [3.05, 3.63) is 35.9 Å². The van der Waals surface area contributed by atoms with E-state index in [0.29, 0.717) is 17.0 Å². The predicted molar refractivity (Wildman–Crippen MR) is 65.5 cm³/mol. The van der Waals surface area contributed by atoms with Crippen LogP contribution in [-0.4, -0.2) is 25.4 Å². The molecule has 0 fully saturated rings. The maximum atomic E-state index is 10.9. The van der Waals surface area contributed by atoms with Crippen molar-refractivity contribution in [1.29, 1.82) is 0 Å². The Kier molecular flexibility index (Phi) is 2.90. The third-order valence-electron chi connectivity index (χ3n) is 2.21. The highest BCUT2D eigenvalue weighted by atomic mass is 31.0. The quantitative estimate of drug-likeness (QED) is 0.639. The van der Waals surface area contributed by atoms with Crippen molar-refractivity contribution in [2.45, 2.75) is 0 Å². The molecule has 1 unspecified atom stereocenters. The Morgan fingerprint density at radius 1 is 1.59 bits per heavy atom. The lowest BCUT2D eigenvalue weighted by Gasteiger charge is -2.03. The molecule has 0 radical (unpaired) electrons. The molecule has 0 saturated heterocycles. The van der Waals surface area contributed by atoms with Crippen LogP contribution in [0.3, 0.4) is 0 Å². The van der Waals surface area contributed by atoms with Gasteiger partial charge in [0.15, 0.2) is 0 Å². The number of terminal acetylenes is 1. The van der Waals surface area contributed by atoms with Gasteiger partial charge < -0.3 is 9.44 Å². The zero-order valence-corrected chi connectivity index (χ0v) is 9.82. The zero-order chi connectivity index (χ0) is 12.4. The van der Waals surface area contributed by atoms with E-state index in [9.17, 15) is 4.79 Å². The molecule has 0 bridgehead atoms.